The number of halogens is 2. The number of nitrogens with one attached hydrogen (secondary N) is 1. The van der Waals surface area contributed by atoms with E-state index in [1.165, 1.54) is 12.1 Å². The summed E-state index contributed by atoms with van der Waals surface area (Å²) in [7, 11) is 3.17. The molecule has 5 aromatic rings. The molecule has 9 nitrogen and oxygen atoms in total. The van der Waals surface area contributed by atoms with Crippen LogP contribution in [-0.4, -0.2) is 48.4 Å². The van der Waals surface area contributed by atoms with E-state index in [9.17, 15) is 4.39 Å². The zero-order valence-corrected chi connectivity index (χ0v) is 22.7. The zero-order valence-electron chi connectivity index (χ0n) is 21.9. The summed E-state index contributed by atoms with van der Waals surface area (Å²) in [6, 6.07) is 11.9. The van der Waals surface area contributed by atoms with Gasteiger partial charge in [0.05, 0.1) is 42.7 Å². The molecular weight excluding hydrogens is 535 g/mol. The Morgan fingerprint density at radius 3 is 2.55 bits per heavy atom. The van der Waals surface area contributed by atoms with E-state index in [2.05, 4.69) is 20.3 Å². The molecule has 0 bridgehead atoms. The van der Waals surface area contributed by atoms with Crippen molar-refractivity contribution < 1.29 is 18.6 Å². The van der Waals surface area contributed by atoms with Crippen molar-refractivity contribution in [1.29, 1.82) is 0 Å². The van der Waals surface area contributed by atoms with Gasteiger partial charge in [0.15, 0.2) is 11.5 Å². The molecule has 40 heavy (non-hydrogen) atoms. The third-order valence-corrected chi connectivity index (χ3v) is 6.71. The summed E-state index contributed by atoms with van der Waals surface area (Å²) in [5, 5.41) is 5.74. The van der Waals surface area contributed by atoms with Gasteiger partial charge in [0.1, 0.15) is 24.0 Å². The van der Waals surface area contributed by atoms with E-state index in [1.54, 1.807) is 38.9 Å². The number of rotatable bonds is 10. The van der Waals surface area contributed by atoms with Gasteiger partial charge in [-0.15, -0.1) is 0 Å². The van der Waals surface area contributed by atoms with Gasteiger partial charge in [0, 0.05) is 47.9 Å². The van der Waals surface area contributed by atoms with Gasteiger partial charge >= 0.3 is 0 Å². The molecule has 2 aromatic carbocycles. The van der Waals surface area contributed by atoms with Crippen LogP contribution >= 0.6 is 11.6 Å². The van der Waals surface area contributed by atoms with Crippen LogP contribution in [0.5, 0.6) is 17.2 Å². The minimum absolute atomic E-state index is 0.0949. The number of hydrogen-bond acceptors (Lipinski definition) is 9. The second kappa shape index (κ2) is 11.9. The Bertz CT molecular complexity index is 1690. The molecule has 0 aliphatic carbocycles. The van der Waals surface area contributed by atoms with Crippen LogP contribution in [0.2, 0.25) is 5.02 Å². The van der Waals surface area contributed by atoms with Crippen LogP contribution in [-0.2, 0) is 6.54 Å². The lowest BCUT2D eigenvalue weighted by Gasteiger charge is -2.15. The number of methoxy groups -OCH3 is 2. The van der Waals surface area contributed by atoms with Crippen LogP contribution < -0.4 is 31.0 Å². The highest BCUT2D eigenvalue weighted by Crippen LogP contribution is 2.37. The molecule has 0 amide bonds. The van der Waals surface area contributed by atoms with Gasteiger partial charge in [-0.2, -0.15) is 0 Å². The monoisotopic (exact) mass is 562 g/mol. The van der Waals surface area contributed by atoms with Gasteiger partial charge in [0.25, 0.3) is 0 Å². The molecule has 0 aliphatic rings. The molecule has 0 fully saturated rings. The van der Waals surface area contributed by atoms with Crippen LogP contribution in [0.15, 0.2) is 61.1 Å². The number of hydrogen-bond donors (Lipinski definition) is 3. The van der Waals surface area contributed by atoms with E-state index in [-0.39, 0.29) is 17.7 Å². The summed E-state index contributed by atoms with van der Waals surface area (Å²) in [4.78, 5) is 13.4. The lowest BCUT2D eigenvalue weighted by atomic mass is 10.0. The fourth-order valence-electron chi connectivity index (χ4n) is 4.36. The summed E-state index contributed by atoms with van der Waals surface area (Å²) in [5.41, 5.74) is 15.4. The summed E-state index contributed by atoms with van der Waals surface area (Å²) in [6.07, 6.45) is 5.01. The highest BCUT2D eigenvalue weighted by Gasteiger charge is 2.14. The predicted molar refractivity (Wildman–Crippen MR) is 154 cm³/mol. The first-order valence-corrected chi connectivity index (χ1v) is 12.8. The van der Waals surface area contributed by atoms with Crippen molar-refractivity contribution in [3.63, 3.8) is 0 Å². The molecule has 0 unspecified atom stereocenters. The van der Waals surface area contributed by atoms with Crippen molar-refractivity contribution in [2.75, 3.05) is 33.1 Å². The van der Waals surface area contributed by atoms with Crippen LogP contribution in [0.1, 0.15) is 5.56 Å². The summed E-state index contributed by atoms with van der Waals surface area (Å²) < 4.78 is 30.4. The third-order valence-electron chi connectivity index (χ3n) is 6.41. The van der Waals surface area contributed by atoms with Crippen molar-refractivity contribution in [2.45, 2.75) is 12.6 Å². The molecule has 0 saturated heterocycles. The largest absolute Gasteiger partial charge is 0.493 e. The van der Waals surface area contributed by atoms with E-state index in [1.807, 2.05) is 24.3 Å². The first kappa shape index (κ1) is 27.3. The van der Waals surface area contributed by atoms with Gasteiger partial charge in [0.2, 0.25) is 0 Å². The van der Waals surface area contributed by atoms with Crippen molar-refractivity contribution in [1.82, 2.24) is 20.3 Å². The van der Waals surface area contributed by atoms with E-state index >= 15 is 0 Å². The highest BCUT2D eigenvalue weighted by atomic mass is 35.5. The maximum absolute atomic E-state index is 13.6. The average Bonchev–Trinajstić information content (AvgIpc) is 2.97. The number of anilines is 1. The molecule has 3 heterocycles. The molecule has 3 aromatic heterocycles. The molecule has 0 aliphatic heterocycles. The molecule has 11 heteroatoms. The van der Waals surface area contributed by atoms with Gasteiger partial charge < -0.3 is 31.0 Å². The van der Waals surface area contributed by atoms with Gasteiger partial charge in [-0.3, -0.25) is 9.97 Å². The number of fused-ring (bicyclic) bond motifs is 3. The maximum Gasteiger partial charge on any atom is 0.162 e. The number of ether oxygens (including phenoxy) is 3. The number of aromatic nitrogens is 3. The number of nitrogen functional groups attached to an aromatic ring is 1. The molecule has 5 rings (SSSR count). The van der Waals surface area contributed by atoms with E-state index < -0.39 is 5.82 Å². The fraction of sp³-hybridized carbons (Fsp3) is 0.207. The first-order chi connectivity index (χ1) is 19.4. The topological polar surface area (TPSA) is 130 Å². The molecule has 0 radical (unpaired) electrons. The van der Waals surface area contributed by atoms with E-state index in [0.717, 1.165) is 32.8 Å². The van der Waals surface area contributed by atoms with Crippen LogP contribution in [0.3, 0.4) is 0 Å². The Hall–Kier alpha value is -4.25. The van der Waals surface area contributed by atoms with Gasteiger partial charge in [-0.1, -0.05) is 17.7 Å². The molecule has 206 valence electrons. The predicted octanol–water partition coefficient (Wildman–Crippen LogP) is 4.73. The second-order valence-electron chi connectivity index (χ2n) is 9.20. The molecule has 1 atom stereocenters. The second-order valence-corrected chi connectivity index (χ2v) is 9.60. The van der Waals surface area contributed by atoms with Crippen molar-refractivity contribution >= 4 is 39.1 Å². The van der Waals surface area contributed by atoms with E-state index in [0.29, 0.717) is 41.8 Å². The summed E-state index contributed by atoms with van der Waals surface area (Å²) in [5.74, 6) is 1.61. The Kier molecular flexibility index (Phi) is 8.11. The number of pyridine rings is 3. The Balaban J connectivity index is 1.31. The lowest BCUT2D eigenvalue weighted by Crippen LogP contribution is -2.38. The molecule has 0 saturated carbocycles. The minimum Gasteiger partial charge on any atom is -0.493 e. The Morgan fingerprint density at radius 1 is 0.975 bits per heavy atom. The normalized spacial score (nSPS) is 12.0. The number of nitrogens with two attached hydrogens (primary N) is 2. The molecular formula is C29H28ClFN6O3. The average molecular weight is 563 g/mol. The summed E-state index contributed by atoms with van der Waals surface area (Å²) >= 11 is 5.73. The maximum atomic E-state index is 13.6. The van der Waals surface area contributed by atoms with Crippen LogP contribution in [0.4, 0.5) is 10.2 Å². The van der Waals surface area contributed by atoms with Crippen molar-refractivity contribution in [2.24, 2.45) is 5.73 Å². The quantitative estimate of drug-likeness (QED) is 0.207. The third kappa shape index (κ3) is 5.84. The molecule has 0 spiro atoms. The van der Waals surface area contributed by atoms with Crippen LogP contribution in [0, 0.1) is 5.82 Å². The fourth-order valence-corrected chi connectivity index (χ4v) is 4.48. The zero-order chi connectivity index (χ0) is 28.2. The Labute approximate surface area is 235 Å². The van der Waals surface area contributed by atoms with E-state index in [4.69, 9.17) is 37.3 Å². The minimum atomic E-state index is -0.451. The standard InChI is InChI=1S/C29H28ClFN6O3/c1-38-27-8-21-20-7-25(37-29(33)22(20)14-36-26(21)9-28(27)39-2)17-6-19(13-35-11-17)40-15-18(32)12-34-10-16-3-4-23(30)24(31)5-16/h3-9,11,13-14,18,34H,10,12,15,32H2,1-2H3,(H2,33,37)/t18-/m0/s1. The Morgan fingerprint density at radius 2 is 1.77 bits per heavy atom. The summed E-state index contributed by atoms with van der Waals surface area (Å²) in [6.45, 7) is 1.17. The van der Waals surface area contributed by atoms with Gasteiger partial charge in [-0.25, -0.2) is 9.37 Å². The van der Waals surface area contributed by atoms with Crippen LogP contribution in [0.25, 0.3) is 32.9 Å². The highest BCUT2D eigenvalue weighted by molar-refractivity contribution is 6.30. The number of nitrogens with zero attached hydrogens (tertiary/aromatic N) is 3. The lowest BCUT2D eigenvalue weighted by molar-refractivity contribution is 0.283. The molecule has 5 N–H and O–H groups in total. The van der Waals surface area contributed by atoms with Crippen molar-refractivity contribution in [3.8, 4) is 28.5 Å². The smallest absolute Gasteiger partial charge is 0.162 e. The number of benzene rings is 2. The van der Waals surface area contributed by atoms with Gasteiger partial charge in [-0.05, 0) is 41.3 Å². The SMILES string of the molecule is COc1cc2ncc3c(N)nc(-c4cncc(OC[C@@H](N)CNCc5ccc(Cl)c(F)c5)c4)cc3c2cc1OC. The van der Waals surface area contributed by atoms with Crippen molar-refractivity contribution in [3.05, 3.63) is 77.5 Å². The first-order valence-electron chi connectivity index (χ1n) is 12.5.